The third kappa shape index (κ3) is 6.06. The highest BCUT2D eigenvalue weighted by atomic mass is 31.2. The number of halogens is 1. The van der Waals surface area contributed by atoms with Gasteiger partial charge in [0.2, 0.25) is 0 Å². The van der Waals surface area contributed by atoms with Gasteiger partial charge in [0.05, 0.1) is 7.14 Å². The number of phenolic OH excluding ortho intramolecular Hbond substituents is 1. The van der Waals surface area contributed by atoms with E-state index in [0.29, 0.717) is 6.42 Å². The van der Waals surface area contributed by atoms with E-state index in [0.717, 1.165) is 35.7 Å². The topological polar surface area (TPSA) is 37.3 Å². The number of benzene rings is 3. The molecule has 0 aliphatic carbocycles. The number of rotatable bonds is 7. The standard InChI is InChI=1S/C26H30FO2P/c1-18-13-22(11-12-30(3,4)29)14-19(2)25(18)17-21-7-10-26(28)23(16-21)15-20-5-8-24(27)9-6-20/h5-10,13-14,16,28H,11-12,15,17H2,1-4H3. The van der Waals surface area contributed by atoms with E-state index in [2.05, 4.69) is 26.0 Å². The van der Waals surface area contributed by atoms with Crippen LogP contribution in [0.4, 0.5) is 4.39 Å². The molecule has 0 aliphatic heterocycles. The van der Waals surface area contributed by atoms with Gasteiger partial charge in [-0.3, -0.25) is 0 Å². The molecular weight excluding hydrogens is 394 g/mol. The molecule has 0 saturated heterocycles. The van der Waals surface area contributed by atoms with E-state index in [4.69, 9.17) is 0 Å². The largest absolute Gasteiger partial charge is 0.508 e. The molecule has 0 aromatic heterocycles. The summed E-state index contributed by atoms with van der Waals surface area (Å²) in [4.78, 5) is 0. The summed E-state index contributed by atoms with van der Waals surface area (Å²) in [6, 6.07) is 16.5. The number of phenols is 1. The van der Waals surface area contributed by atoms with Crippen LogP contribution in [-0.2, 0) is 23.8 Å². The lowest BCUT2D eigenvalue weighted by molar-refractivity contribution is 0.469. The Kier molecular flexibility index (Phi) is 6.83. The van der Waals surface area contributed by atoms with Crippen molar-refractivity contribution in [2.75, 3.05) is 19.5 Å². The van der Waals surface area contributed by atoms with Gasteiger partial charge in [0.25, 0.3) is 0 Å². The highest BCUT2D eigenvalue weighted by molar-refractivity contribution is 7.62. The van der Waals surface area contributed by atoms with Crippen LogP contribution < -0.4 is 0 Å². The molecule has 30 heavy (non-hydrogen) atoms. The minimum absolute atomic E-state index is 0.258. The van der Waals surface area contributed by atoms with E-state index in [9.17, 15) is 14.1 Å². The Labute approximate surface area is 179 Å². The van der Waals surface area contributed by atoms with E-state index >= 15 is 0 Å². The van der Waals surface area contributed by atoms with Gasteiger partial charge in [0.1, 0.15) is 11.6 Å². The lowest BCUT2D eigenvalue weighted by Crippen LogP contribution is -2.01. The molecule has 0 bridgehead atoms. The molecule has 158 valence electrons. The first-order valence-electron chi connectivity index (χ1n) is 10.3. The molecule has 0 heterocycles. The smallest absolute Gasteiger partial charge is 0.123 e. The van der Waals surface area contributed by atoms with Gasteiger partial charge < -0.3 is 9.67 Å². The van der Waals surface area contributed by atoms with E-state index in [1.54, 1.807) is 18.2 Å². The van der Waals surface area contributed by atoms with Crippen LogP contribution in [0.15, 0.2) is 54.6 Å². The average molecular weight is 424 g/mol. The zero-order valence-corrected chi connectivity index (χ0v) is 19.1. The molecule has 4 heteroatoms. The van der Waals surface area contributed by atoms with Crippen molar-refractivity contribution >= 4 is 7.14 Å². The van der Waals surface area contributed by atoms with Gasteiger partial charge in [-0.25, -0.2) is 4.39 Å². The summed E-state index contributed by atoms with van der Waals surface area (Å²) in [5, 5.41) is 10.3. The van der Waals surface area contributed by atoms with Crippen molar-refractivity contribution < 1.29 is 14.1 Å². The van der Waals surface area contributed by atoms with Gasteiger partial charge in [-0.05, 0) is 97.2 Å². The van der Waals surface area contributed by atoms with E-state index in [-0.39, 0.29) is 11.6 Å². The maximum Gasteiger partial charge on any atom is 0.123 e. The van der Waals surface area contributed by atoms with Gasteiger partial charge in [0.15, 0.2) is 0 Å². The highest BCUT2D eigenvalue weighted by Gasteiger charge is 2.12. The maximum atomic E-state index is 13.2. The number of hydrogen-bond acceptors (Lipinski definition) is 2. The Balaban J connectivity index is 1.80. The SMILES string of the molecule is Cc1cc(CCP(C)(C)=O)cc(C)c1Cc1ccc(O)c(Cc2ccc(F)cc2)c1. The summed E-state index contributed by atoms with van der Waals surface area (Å²) in [5.74, 6) is 0.00207. The summed E-state index contributed by atoms with van der Waals surface area (Å²) in [6.45, 7) is 7.94. The molecule has 0 fully saturated rings. The molecule has 0 radical (unpaired) electrons. The first-order valence-corrected chi connectivity index (χ1v) is 13.1. The molecule has 3 rings (SSSR count). The van der Waals surface area contributed by atoms with Crippen LogP contribution in [0.25, 0.3) is 0 Å². The normalized spacial score (nSPS) is 11.6. The predicted molar refractivity (Wildman–Crippen MR) is 124 cm³/mol. The van der Waals surface area contributed by atoms with Crippen molar-refractivity contribution in [3.63, 3.8) is 0 Å². The minimum atomic E-state index is -2.01. The number of aryl methyl sites for hydroxylation is 3. The fourth-order valence-corrected chi connectivity index (χ4v) is 4.62. The molecule has 1 N–H and O–H groups in total. The monoisotopic (exact) mass is 424 g/mol. The Hall–Kier alpha value is -2.38. The summed E-state index contributed by atoms with van der Waals surface area (Å²) in [6.07, 6.45) is 2.92. The van der Waals surface area contributed by atoms with Gasteiger partial charge >= 0.3 is 0 Å². The van der Waals surface area contributed by atoms with Crippen LogP contribution >= 0.6 is 7.14 Å². The van der Waals surface area contributed by atoms with Crippen LogP contribution in [0.5, 0.6) is 5.75 Å². The number of hydrogen-bond donors (Lipinski definition) is 1. The third-order valence-corrected chi connectivity index (χ3v) is 6.83. The molecule has 0 aliphatic rings. The Bertz CT molecular complexity index is 1060. The van der Waals surface area contributed by atoms with Crippen molar-refractivity contribution in [3.8, 4) is 5.75 Å². The van der Waals surface area contributed by atoms with Gasteiger partial charge in [-0.1, -0.05) is 36.4 Å². The Morgan fingerprint density at radius 3 is 2.03 bits per heavy atom. The summed E-state index contributed by atoms with van der Waals surface area (Å²) < 4.78 is 25.2. The zero-order valence-electron chi connectivity index (χ0n) is 18.2. The highest BCUT2D eigenvalue weighted by Crippen LogP contribution is 2.36. The molecule has 0 atom stereocenters. The van der Waals surface area contributed by atoms with Crippen LogP contribution in [0.3, 0.4) is 0 Å². The van der Waals surface area contributed by atoms with Gasteiger partial charge in [0, 0.05) is 12.6 Å². The fourth-order valence-electron chi connectivity index (χ4n) is 3.82. The molecule has 0 spiro atoms. The van der Waals surface area contributed by atoms with Gasteiger partial charge in [-0.15, -0.1) is 0 Å². The van der Waals surface area contributed by atoms with Crippen LogP contribution in [0, 0.1) is 19.7 Å². The summed E-state index contributed by atoms with van der Waals surface area (Å²) in [5.41, 5.74) is 7.93. The van der Waals surface area contributed by atoms with Crippen molar-refractivity contribution in [2.24, 2.45) is 0 Å². The lowest BCUT2D eigenvalue weighted by atomic mass is 9.92. The average Bonchev–Trinajstić information content (AvgIpc) is 2.66. The molecular formula is C26H30FO2P. The van der Waals surface area contributed by atoms with Crippen molar-refractivity contribution in [3.05, 3.63) is 99.4 Å². The van der Waals surface area contributed by atoms with Crippen molar-refractivity contribution in [2.45, 2.75) is 33.1 Å². The summed E-state index contributed by atoms with van der Waals surface area (Å²) >= 11 is 0. The van der Waals surface area contributed by atoms with Crippen LogP contribution in [0.1, 0.15) is 38.9 Å². The summed E-state index contributed by atoms with van der Waals surface area (Å²) in [7, 11) is -2.01. The second-order valence-electron chi connectivity index (χ2n) is 8.70. The molecule has 0 unspecified atom stereocenters. The first kappa shape index (κ1) is 22.3. The fraction of sp³-hybridized carbons (Fsp3) is 0.308. The number of aromatic hydroxyl groups is 1. The van der Waals surface area contributed by atoms with Crippen molar-refractivity contribution in [1.82, 2.24) is 0 Å². The van der Waals surface area contributed by atoms with E-state index in [1.807, 2.05) is 25.5 Å². The Morgan fingerprint density at radius 2 is 1.43 bits per heavy atom. The van der Waals surface area contributed by atoms with E-state index < -0.39 is 7.14 Å². The third-order valence-electron chi connectivity index (χ3n) is 5.53. The Morgan fingerprint density at radius 1 is 0.833 bits per heavy atom. The van der Waals surface area contributed by atoms with E-state index in [1.165, 1.54) is 34.4 Å². The van der Waals surface area contributed by atoms with Crippen LogP contribution in [0.2, 0.25) is 0 Å². The molecule has 3 aromatic rings. The zero-order chi connectivity index (χ0) is 21.9. The van der Waals surface area contributed by atoms with Gasteiger partial charge in [-0.2, -0.15) is 0 Å². The maximum absolute atomic E-state index is 13.2. The predicted octanol–water partition coefficient (Wildman–Crippen LogP) is 6.49. The lowest BCUT2D eigenvalue weighted by Gasteiger charge is -2.15. The second kappa shape index (κ2) is 9.18. The molecule has 0 saturated carbocycles. The molecule has 0 amide bonds. The molecule has 2 nitrogen and oxygen atoms in total. The van der Waals surface area contributed by atoms with Crippen LogP contribution in [-0.4, -0.2) is 24.6 Å². The first-order chi connectivity index (χ1) is 14.1. The minimum Gasteiger partial charge on any atom is -0.508 e. The quantitative estimate of drug-likeness (QED) is 0.440. The molecule has 3 aromatic carbocycles. The second-order valence-corrected chi connectivity index (χ2v) is 12.3. The van der Waals surface area contributed by atoms with Crippen molar-refractivity contribution in [1.29, 1.82) is 0 Å².